The Morgan fingerprint density at radius 1 is 1.38 bits per heavy atom. The van der Waals surface area contributed by atoms with Crippen LogP contribution in [0.15, 0.2) is 6.07 Å². The van der Waals surface area contributed by atoms with Crippen LogP contribution >= 0.6 is 0 Å². The van der Waals surface area contributed by atoms with Crippen molar-refractivity contribution in [1.29, 1.82) is 0 Å². The molecule has 0 radical (unpaired) electrons. The fraction of sp³-hybridized carbons (Fsp3) is 0.611. The van der Waals surface area contributed by atoms with Gasteiger partial charge in [0, 0.05) is 11.8 Å². The molecule has 5 atom stereocenters. The van der Waals surface area contributed by atoms with E-state index >= 15 is 0 Å². The van der Waals surface area contributed by atoms with E-state index in [4.69, 9.17) is 4.74 Å². The molecule has 3 fully saturated rings. The molecule has 21 heavy (non-hydrogen) atoms. The first-order chi connectivity index (χ1) is 10.0. The summed E-state index contributed by atoms with van der Waals surface area (Å²) in [6, 6.07) is 1.91. The molecule has 1 aromatic carbocycles. The quantitative estimate of drug-likeness (QED) is 0.745. The van der Waals surface area contributed by atoms with Crippen LogP contribution in [0.5, 0.6) is 5.75 Å². The molecule has 1 N–H and O–H groups in total. The molecule has 1 aromatic rings. The molecule has 3 nitrogen and oxygen atoms in total. The van der Waals surface area contributed by atoms with Crippen LogP contribution < -0.4 is 0 Å². The van der Waals surface area contributed by atoms with Crippen LogP contribution in [0.3, 0.4) is 0 Å². The van der Waals surface area contributed by atoms with Gasteiger partial charge in [-0.05, 0) is 66.8 Å². The van der Waals surface area contributed by atoms with Crippen LogP contribution in [0.1, 0.15) is 47.9 Å². The summed E-state index contributed by atoms with van der Waals surface area (Å²) in [5.41, 5.74) is 4.67. The molecule has 1 spiro atoms. The topological polar surface area (TPSA) is 46.5 Å². The zero-order valence-corrected chi connectivity index (χ0v) is 12.5. The molecule has 2 aliphatic heterocycles. The van der Waals surface area contributed by atoms with Crippen molar-refractivity contribution >= 4 is 5.97 Å². The molecule has 2 saturated heterocycles. The molecule has 1 unspecified atom stereocenters. The number of aryl methyl sites for hydroxylation is 1. The fourth-order valence-electron chi connectivity index (χ4n) is 5.96. The minimum Gasteiger partial charge on any atom is -0.508 e. The highest BCUT2D eigenvalue weighted by molar-refractivity contribution is 5.83. The number of phenolic OH excluding ortho intramolecular Hbond substituents is 1. The van der Waals surface area contributed by atoms with Crippen molar-refractivity contribution < 1.29 is 14.6 Å². The lowest BCUT2D eigenvalue weighted by atomic mass is 9.50. The smallest absolute Gasteiger partial charge is 0.313 e. The number of rotatable bonds is 0. The number of fused-ring (bicyclic) bond motifs is 2. The summed E-state index contributed by atoms with van der Waals surface area (Å²) < 4.78 is 5.79. The number of carbonyl (C=O) groups excluding carboxylic acids is 1. The number of aromatic hydroxyl groups is 1. The standard InChI is InChI=1S/C18H20O3/c1-8-5-13(19)10-3-4-18-9(2)6-14(21-17(18)20)12-7-11(8)15(10)16(12)18/h5,9,12,14,16,19H,3-4,6-7H2,1-2H3/t9?,12-,14+,16+,18-/m1/s1. The Bertz CT molecular complexity index is 692. The number of hydrogen-bond acceptors (Lipinski definition) is 3. The van der Waals surface area contributed by atoms with E-state index in [1.807, 2.05) is 6.07 Å². The molecular formula is C18H20O3. The van der Waals surface area contributed by atoms with Crippen molar-refractivity contribution in [3.63, 3.8) is 0 Å². The minimum atomic E-state index is -0.322. The van der Waals surface area contributed by atoms with Gasteiger partial charge in [0.05, 0.1) is 5.41 Å². The van der Waals surface area contributed by atoms with Gasteiger partial charge in [-0.15, -0.1) is 0 Å². The van der Waals surface area contributed by atoms with E-state index in [1.165, 1.54) is 16.7 Å². The summed E-state index contributed by atoms with van der Waals surface area (Å²) in [5.74, 6) is 1.59. The average molecular weight is 284 g/mol. The summed E-state index contributed by atoms with van der Waals surface area (Å²) in [6.07, 6.45) is 3.76. The van der Waals surface area contributed by atoms with E-state index in [1.54, 1.807) is 0 Å². The van der Waals surface area contributed by atoms with E-state index in [0.717, 1.165) is 31.2 Å². The van der Waals surface area contributed by atoms with Crippen molar-refractivity contribution in [3.05, 3.63) is 28.3 Å². The van der Waals surface area contributed by atoms with E-state index in [2.05, 4.69) is 13.8 Å². The first kappa shape index (κ1) is 12.1. The molecule has 0 aromatic heterocycles. The Labute approximate surface area is 124 Å². The number of esters is 1. The van der Waals surface area contributed by atoms with Gasteiger partial charge in [0.15, 0.2) is 0 Å². The van der Waals surface area contributed by atoms with Gasteiger partial charge in [0.25, 0.3) is 0 Å². The lowest BCUT2D eigenvalue weighted by Crippen LogP contribution is -2.60. The lowest BCUT2D eigenvalue weighted by Gasteiger charge is -2.57. The van der Waals surface area contributed by atoms with Crippen LogP contribution in [0.4, 0.5) is 0 Å². The number of phenols is 1. The van der Waals surface area contributed by atoms with Crippen LogP contribution in [-0.4, -0.2) is 17.2 Å². The number of benzene rings is 1. The second-order valence-electron chi connectivity index (χ2n) is 7.55. The second-order valence-corrected chi connectivity index (χ2v) is 7.55. The highest BCUT2D eigenvalue weighted by Gasteiger charge is 2.67. The third kappa shape index (κ3) is 1.14. The summed E-state index contributed by atoms with van der Waals surface area (Å²) in [6.45, 7) is 4.31. The second kappa shape index (κ2) is 3.45. The first-order valence-corrected chi connectivity index (χ1v) is 8.09. The SMILES string of the molecule is Cc1cc(O)c2c3c1C[C@@H]1[C@@H]4CC(C)[C@@](CC2)(C(=O)O4)[C@H]31. The van der Waals surface area contributed by atoms with Gasteiger partial charge in [-0.25, -0.2) is 0 Å². The van der Waals surface area contributed by atoms with Gasteiger partial charge in [0.1, 0.15) is 11.9 Å². The minimum absolute atomic E-state index is 0.0343. The van der Waals surface area contributed by atoms with E-state index in [-0.39, 0.29) is 23.4 Å². The largest absolute Gasteiger partial charge is 0.508 e. The van der Waals surface area contributed by atoms with Gasteiger partial charge in [-0.3, -0.25) is 4.79 Å². The van der Waals surface area contributed by atoms with Crippen LogP contribution in [0.2, 0.25) is 0 Å². The maximum atomic E-state index is 12.7. The Hall–Kier alpha value is -1.51. The van der Waals surface area contributed by atoms with Crippen LogP contribution in [0, 0.1) is 24.2 Å². The number of hydrogen-bond donors (Lipinski definition) is 1. The third-order valence-electron chi connectivity index (χ3n) is 6.89. The Kier molecular flexibility index (Phi) is 1.98. The van der Waals surface area contributed by atoms with Gasteiger partial charge in [0.2, 0.25) is 0 Å². The summed E-state index contributed by atoms with van der Waals surface area (Å²) >= 11 is 0. The van der Waals surface area contributed by atoms with Crippen molar-refractivity contribution in [3.8, 4) is 5.75 Å². The van der Waals surface area contributed by atoms with Gasteiger partial charge in [-0.1, -0.05) is 6.92 Å². The van der Waals surface area contributed by atoms with Gasteiger partial charge < -0.3 is 9.84 Å². The fourth-order valence-corrected chi connectivity index (χ4v) is 5.96. The van der Waals surface area contributed by atoms with E-state index in [9.17, 15) is 9.90 Å². The Morgan fingerprint density at radius 2 is 2.19 bits per heavy atom. The molecule has 6 rings (SSSR count). The molecule has 2 bridgehead atoms. The maximum Gasteiger partial charge on any atom is 0.313 e. The molecule has 2 heterocycles. The Balaban J connectivity index is 1.84. The monoisotopic (exact) mass is 284 g/mol. The highest BCUT2D eigenvalue weighted by atomic mass is 16.5. The average Bonchev–Trinajstić information content (AvgIpc) is 2.84. The number of ether oxygens (including phenoxy) is 1. The zero-order valence-electron chi connectivity index (χ0n) is 12.5. The van der Waals surface area contributed by atoms with Crippen molar-refractivity contribution in [1.82, 2.24) is 0 Å². The molecule has 3 heteroatoms. The third-order valence-corrected chi connectivity index (χ3v) is 6.89. The summed E-state index contributed by atoms with van der Waals surface area (Å²) in [7, 11) is 0. The predicted molar refractivity (Wildman–Crippen MR) is 77.2 cm³/mol. The lowest BCUT2D eigenvalue weighted by molar-refractivity contribution is -0.207. The Morgan fingerprint density at radius 3 is 2.95 bits per heavy atom. The highest BCUT2D eigenvalue weighted by Crippen LogP contribution is 2.67. The van der Waals surface area contributed by atoms with Crippen molar-refractivity contribution in [2.45, 2.75) is 51.6 Å². The van der Waals surface area contributed by atoms with Crippen LogP contribution in [0.25, 0.3) is 0 Å². The van der Waals surface area contributed by atoms with E-state index < -0.39 is 0 Å². The zero-order chi connectivity index (χ0) is 14.5. The van der Waals surface area contributed by atoms with Crippen molar-refractivity contribution in [2.75, 3.05) is 0 Å². The van der Waals surface area contributed by atoms with Gasteiger partial charge in [-0.2, -0.15) is 0 Å². The summed E-state index contributed by atoms with van der Waals surface area (Å²) in [4.78, 5) is 12.7. The number of carbonyl (C=O) groups is 1. The molecule has 3 aliphatic carbocycles. The van der Waals surface area contributed by atoms with E-state index in [0.29, 0.717) is 17.6 Å². The van der Waals surface area contributed by atoms with Gasteiger partial charge >= 0.3 is 5.97 Å². The molecule has 1 saturated carbocycles. The first-order valence-electron chi connectivity index (χ1n) is 8.09. The van der Waals surface area contributed by atoms with Crippen molar-refractivity contribution in [2.24, 2.45) is 17.3 Å². The molecule has 0 amide bonds. The molecule has 5 aliphatic rings. The molecular weight excluding hydrogens is 264 g/mol. The normalized spacial score (nSPS) is 41.9. The van der Waals surface area contributed by atoms with Crippen LogP contribution in [-0.2, 0) is 22.4 Å². The molecule has 110 valence electrons. The maximum absolute atomic E-state index is 12.7. The predicted octanol–water partition coefficient (Wildman–Crippen LogP) is 2.85. The summed E-state index contributed by atoms with van der Waals surface area (Å²) in [5, 5.41) is 10.4.